The van der Waals surface area contributed by atoms with Crippen molar-refractivity contribution < 1.29 is 47.8 Å². The lowest BCUT2D eigenvalue weighted by molar-refractivity contribution is -0.142. The lowest BCUT2D eigenvalue weighted by atomic mass is 10.1. The van der Waals surface area contributed by atoms with Gasteiger partial charge in [-0.2, -0.15) is 0 Å². The number of carbonyl (C=O) groups is 1. The van der Waals surface area contributed by atoms with Crippen LogP contribution in [0, 0.1) is 5.92 Å². The van der Waals surface area contributed by atoms with Gasteiger partial charge in [-0.3, -0.25) is 0 Å². The second-order valence-electron chi connectivity index (χ2n) is 6.71. The fourth-order valence-corrected chi connectivity index (χ4v) is 2.00. The normalized spacial score (nSPS) is 12.3. The maximum Gasteiger partial charge on any atom is 0.329 e. The van der Waals surface area contributed by atoms with E-state index in [0.29, 0.717) is 91.8 Å². The van der Waals surface area contributed by atoms with Crippen LogP contribution in [0.4, 0.5) is 0 Å². The predicted molar refractivity (Wildman–Crippen MR) is 114 cm³/mol. The molecule has 0 bridgehead atoms. The number of carboxylic acid groups (broad SMARTS) is 1. The largest absolute Gasteiger partial charge is 0.480 e. The molecule has 0 heterocycles. The zero-order valence-corrected chi connectivity index (χ0v) is 19.2. The monoisotopic (exact) mass is 454 g/mol. The van der Waals surface area contributed by atoms with Gasteiger partial charge in [-0.1, -0.05) is 20.3 Å². The van der Waals surface area contributed by atoms with Crippen LogP contribution in [-0.2, 0) is 42.7 Å². The molecule has 0 saturated heterocycles. The maximum absolute atomic E-state index is 10.2. The summed E-state index contributed by atoms with van der Waals surface area (Å²) in [6.45, 7) is 11.6. The first kappa shape index (κ1) is 30.1. The van der Waals surface area contributed by atoms with Crippen LogP contribution >= 0.6 is 0 Å². The molecule has 1 N–H and O–H groups in total. The standard InChI is InChI=1S/C21H42O10/c1-3-20(2)18-30-16-14-28-12-10-26-8-6-24-4-5-25-7-9-27-11-13-29-15-17-31-19-21(22)23/h20H,3-19H2,1-2H3,(H,22,23). The summed E-state index contributed by atoms with van der Waals surface area (Å²) < 4.78 is 42.6. The minimum absolute atomic E-state index is 0.252. The van der Waals surface area contributed by atoms with E-state index in [1.54, 1.807) is 0 Å². The van der Waals surface area contributed by atoms with E-state index in [1.807, 2.05) is 0 Å². The first-order valence-electron chi connectivity index (χ1n) is 11.0. The molecule has 10 nitrogen and oxygen atoms in total. The zero-order chi connectivity index (χ0) is 22.8. The Bertz CT molecular complexity index is 370. The fourth-order valence-electron chi connectivity index (χ4n) is 2.00. The molecule has 0 radical (unpaired) electrons. The van der Waals surface area contributed by atoms with E-state index in [9.17, 15) is 4.79 Å². The van der Waals surface area contributed by atoms with Crippen molar-refractivity contribution in [2.45, 2.75) is 20.3 Å². The average Bonchev–Trinajstić information content (AvgIpc) is 2.76. The van der Waals surface area contributed by atoms with Crippen LogP contribution in [0.1, 0.15) is 20.3 Å². The lowest BCUT2D eigenvalue weighted by Gasteiger charge is -2.10. The molecule has 0 aromatic heterocycles. The predicted octanol–water partition coefficient (Wildman–Crippen LogP) is 1.25. The summed E-state index contributed by atoms with van der Waals surface area (Å²) in [5.74, 6) is -0.393. The number of hydrogen-bond donors (Lipinski definition) is 1. The highest BCUT2D eigenvalue weighted by molar-refractivity contribution is 5.67. The highest BCUT2D eigenvalue weighted by Gasteiger charge is 1.98. The van der Waals surface area contributed by atoms with Crippen LogP contribution in [0.5, 0.6) is 0 Å². The third-order valence-corrected chi connectivity index (χ3v) is 3.93. The molecular weight excluding hydrogens is 412 g/mol. The van der Waals surface area contributed by atoms with Gasteiger partial charge >= 0.3 is 5.97 Å². The third kappa shape index (κ3) is 27.1. The molecule has 31 heavy (non-hydrogen) atoms. The molecule has 0 aromatic carbocycles. The Hall–Kier alpha value is -0.850. The van der Waals surface area contributed by atoms with Crippen molar-refractivity contribution in [3.8, 4) is 0 Å². The molecule has 0 aliphatic rings. The van der Waals surface area contributed by atoms with E-state index in [4.69, 9.17) is 43.0 Å². The maximum atomic E-state index is 10.2. The Balaban J connectivity index is 3.03. The van der Waals surface area contributed by atoms with Gasteiger partial charge < -0.3 is 43.0 Å². The van der Waals surface area contributed by atoms with Crippen molar-refractivity contribution in [1.82, 2.24) is 0 Å². The summed E-state index contributed by atoms with van der Waals surface area (Å²) in [5.41, 5.74) is 0. The number of hydrogen-bond acceptors (Lipinski definition) is 9. The number of rotatable bonds is 26. The van der Waals surface area contributed by atoms with Gasteiger partial charge in [0, 0.05) is 6.61 Å². The lowest BCUT2D eigenvalue weighted by Crippen LogP contribution is -2.15. The van der Waals surface area contributed by atoms with Crippen molar-refractivity contribution in [2.75, 3.05) is 106 Å². The molecule has 10 heteroatoms. The first-order chi connectivity index (χ1) is 15.2. The third-order valence-electron chi connectivity index (χ3n) is 3.93. The smallest absolute Gasteiger partial charge is 0.329 e. The van der Waals surface area contributed by atoms with E-state index in [2.05, 4.69) is 13.8 Å². The highest BCUT2D eigenvalue weighted by Crippen LogP contribution is 1.99. The molecule has 186 valence electrons. The van der Waals surface area contributed by atoms with Crippen molar-refractivity contribution in [2.24, 2.45) is 5.92 Å². The summed E-state index contributed by atoms with van der Waals surface area (Å²) in [5, 5.41) is 8.38. The Kier molecular flexibility index (Phi) is 24.7. The number of aliphatic carboxylic acids is 1. The van der Waals surface area contributed by atoms with Gasteiger partial charge in [0.15, 0.2) is 0 Å². The topological polar surface area (TPSA) is 111 Å². The van der Waals surface area contributed by atoms with Crippen LogP contribution in [0.2, 0.25) is 0 Å². The molecule has 0 aliphatic heterocycles. The number of ether oxygens (including phenoxy) is 8. The summed E-state index contributed by atoms with van der Waals surface area (Å²) in [4.78, 5) is 10.2. The number of carboxylic acids is 1. The first-order valence-corrected chi connectivity index (χ1v) is 11.0. The Morgan fingerprint density at radius 3 is 1.16 bits per heavy atom. The van der Waals surface area contributed by atoms with Gasteiger partial charge in [-0.05, 0) is 5.92 Å². The molecular formula is C21H42O10. The molecule has 0 fully saturated rings. The van der Waals surface area contributed by atoms with Gasteiger partial charge in [0.25, 0.3) is 0 Å². The van der Waals surface area contributed by atoms with Crippen molar-refractivity contribution >= 4 is 5.97 Å². The second kappa shape index (κ2) is 25.4. The molecule has 1 unspecified atom stereocenters. The minimum Gasteiger partial charge on any atom is -0.480 e. The summed E-state index contributed by atoms with van der Waals surface area (Å²) >= 11 is 0. The van der Waals surface area contributed by atoms with E-state index in [1.165, 1.54) is 0 Å². The van der Waals surface area contributed by atoms with Crippen molar-refractivity contribution in [3.05, 3.63) is 0 Å². The van der Waals surface area contributed by atoms with Crippen molar-refractivity contribution in [3.63, 3.8) is 0 Å². The van der Waals surface area contributed by atoms with Gasteiger partial charge in [0.2, 0.25) is 0 Å². The van der Waals surface area contributed by atoms with E-state index < -0.39 is 5.97 Å². The van der Waals surface area contributed by atoms with Crippen LogP contribution in [-0.4, -0.2) is 117 Å². The van der Waals surface area contributed by atoms with Gasteiger partial charge in [-0.15, -0.1) is 0 Å². The Labute approximate surface area is 186 Å². The summed E-state index contributed by atoms with van der Waals surface area (Å²) in [6.07, 6.45) is 1.13. The molecule has 0 spiro atoms. The summed E-state index contributed by atoms with van der Waals surface area (Å²) in [6, 6.07) is 0. The Morgan fingerprint density at radius 1 is 0.581 bits per heavy atom. The van der Waals surface area contributed by atoms with Crippen molar-refractivity contribution in [1.29, 1.82) is 0 Å². The Morgan fingerprint density at radius 2 is 0.871 bits per heavy atom. The van der Waals surface area contributed by atoms with Crippen LogP contribution in [0.15, 0.2) is 0 Å². The van der Waals surface area contributed by atoms with Crippen LogP contribution < -0.4 is 0 Å². The fraction of sp³-hybridized carbons (Fsp3) is 0.952. The van der Waals surface area contributed by atoms with E-state index >= 15 is 0 Å². The molecule has 0 rings (SSSR count). The molecule has 0 amide bonds. The molecule has 0 aromatic rings. The summed E-state index contributed by atoms with van der Waals surface area (Å²) in [7, 11) is 0. The highest BCUT2D eigenvalue weighted by atomic mass is 16.6. The van der Waals surface area contributed by atoms with Crippen LogP contribution in [0.3, 0.4) is 0 Å². The van der Waals surface area contributed by atoms with Gasteiger partial charge in [-0.25, -0.2) is 4.79 Å². The van der Waals surface area contributed by atoms with Crippen LogP contribution in [0.25, 0.3) is 0 Å². The minimum atomic E-state index is -0.989. The van der Waals surface area contributed by atoms with Gasteiger partial charge in [0.05, 0.1) is 92.5 Å². The molecule has 1 atom stereocenters. The van der Waals surface area contributed by atoms with E-state index in [-0.39, 0.29) is 13.2 Å². The molecule has 0 aliphatic carbocycles. The quantitative estimate of drug-likeness (QED) is 0.192. The molecule has 0 saturated carbocycles. The average molecular weight is 455 g/mol. The van der Waals surface area contributed by atoms with E-state index in [0.717, 1.165) is 13.0 Å². The second-order valence-corrected chi connectivity index (χ2v) is 6.71. The zero-order valence-electron chi connectivity index (χ0n) is 19.2. The SMILES string of the molecule is CCC(C)COCCOCCOCCOCCOCCOCCOCCOCC(=O)O. The van der Waals surface area contributed by atoms with Gasteiger partial charge in [0.1, 0.15) is 6.61 Å².